The first-order valence-corrected chi connectivity index (χ1v) is 8.46. The van der Waals surface area contributed by atoms with Gasteiger partial charge in [0.05, 0.1) is 19.3 Å². The van der Waals surface area contributed by atoms with Crippen molar-refractivity contribution in [2.45, 2.75) is 59.5 Å². The lowest BCUT2D eigenvalue weighted by Crippen LogP contribution is -2.25. The molecule has 1 aromatic carbocycles. The van der Waals surface area contributed by atoms with Gasteiger partial charge in [0, 0.05) is 5.41 Å². The molecule has 2 N–H and O–H groups in total. The minimum atomic E-state index is -0.681. The van der Waals surface area contributed by atoms with E-state index in [9.17, 15) is 10.2 Å². The molecule has 0 aliphatic carbocycles. The predicted molar refractivity (Wildman–Crippen MR) is 91.1 cm³/mol. The Bertz CT molecular complexity index is 411. The van der Waals surface area contributed by atoms with E-state index in [-0.39, 0.29) is 6.61 Å². The van der Waals surface area contributed by atoms with Gasteiger partial charge in [-0.15, -0.1) is 0 Å². The van der Waals surface area contributed by atoms with Crippen molar-refractivity contribution in [3.05, 3.63) is 29.8 Å². The highest BCUT2D eigenvalue weighted by atomic mass is 16.5. The average molecular weight is 308 g/mol. The number of hydrogen-bond donors (Lipinski definition) is 2. The van der Waals surface area contributed by atoms with E-state index in [0.717, 1.165) is 24.3 Å². The van der Waals surface area contributed by atoms with Crippen LogP contribution in [-0.4, -0.2) is 23.4 Å². The van der Waals surface area contributed by atoms with E-state index in [1.54, 1.807) is 0 Å². The summed E-state index contributed by atoms with van der Waals surface area (Å²) in [6.45, 7) is 8.82. The van der Waals surface area contributed by atoms with Crippen molar-refractivity contribution < 1.29 is 14.9 Å². The van der Waals surface area contributed by atoms with Gasteiger partial charge < -0.3 is 14.9 Å². The summed E-state index contributed by atoms with van der Waals surface area (Å²) in [6, 6.07) is 7.56. The van der Waals surface area contributed by atoms with E-state index in [1.807, 2.05) is 38.1 Å². The summed E-state index contributed by atoms with van der Waals surface area (Å²) < 4.78 is 5.87. The average Bonchev–Trinajstić information content (AvgIpc) is 2.55. The number of hydrogen-bond acceptors (Lipinski definition) is 3. The molecule has 126 valence electrons. The topological polar surface area (TPSA) is 49.7 Å². The third-order valence-corrected chi connectivity index (χ3v) is 4.37. The summed E-state index contributed by atoms with van der Waals surface area (Å²) in [5.41, 5.74) is 0.264. The van der Waals surface area contributed by atoms with Crippen LogP contribution in [-0.2, 0) is 0 Å². The molecule has 0 aromatic heterocycles. The Kier molecular flexibility index (Phi) is 7.91. The highest BCUT2D eigenvalue weighted by Gasteiger charge is 2.28. The summed E-state index contributed by atoms with van der Waals surface area (Å²) in [7, 11) is 0. The summed E-state index contributed by atoms with van der Waals surface area (Å²) >= 11 is 0. The second-order valence-corrected chi connectivity index (χ2v) is 6.85. The van der Waals surface area contributed by atoms with Crippen LogP contribution in [0.15, 0.2) is 24.3 Å². The largest absolute Gasteiger partial charge is 0.493 e. The van der Waals surface area contributed by atoms with Gasteiger partial charge in [-0.05, 0) is 30.0 Å². The first-order chi connectivity index (χ1) is 10.4. The third kappa shape index (κ3) is 5.62. The molecule has 2 unspecified atom stereocenters. The van der Waals surface area contributed by atoms with Gasteiger partial charge in [0.15, 0.2) is 0 Å². The van der Waals surface area contributed by atoms with Crippen molar-refractivity contribution in [3.63, 3.8) is 0 Å². The minimum Gasteiger partial charge on any atom is -0.493 e. The van der Waals surface area contributed by atoms with Crippen LogP contribution < -0.4 is 4.74 Å². The Morgan fingerprint density at radius 1 is 1.14 bits per heavy atom. The van der Waals surface area contributed by atoms with E-state index in [1.165, 1.54) is 19.3 Å². The zero-order valence-electron chi connectivity index (χ0n) is 14.5. The molecular formula is C19H32O3. The minimum absolute atomic E-state index is 0.0535. The molecular weight excluding hydrogens is 276 g/mol. The fourth-order valence-corrected chi connectivity index (χ4v) is 2.40. The molecule has 22 heavy (non-hydrogen) atoms. The molecule has 0 fully saturated rings. The molecule has 2 atom stereocenters. The van der Waals surface area contributed by atoms with Crippen molar-refractivity contribution in [1.82, 2.24) is 0 Å². The normalized spacial score (nSPS) is 14.6. The van der Waals surface area contributed by atoms with Crippen LogP contribution in [0.4, 0.5) is 0 Å². The quantitative estimate of drug-likeness (QED) is 0.676. The number of aliphatic hydroxyl groups is 2. The van der Waals surface area contributed by atoms with Crippen molar-refractivity contribution in [1.29, 1.82) is 0 Å². The Labute approximate surface area is 135 Å². The van der Waals surface area contributed by atoms with Crippen molar-refractivity contribution in [2.75, 3.05) is 13.2 Å². The monoisotopic (exact) mass is 308 g/mol. The summed E-state index contributed by atoms with van der Waals surface area (Å²) in [5, 5.41) is 19.6. The van der Waals surface area contributed by atoms with E-state index < -0.39 is 11.5 Å². The molecule has 1 aromatic rings. The van der Waals surface area contributed by atoms with E-state index in [2.05, 4.69) is 13.8 Å². The van der Waals surface area contributed by atoms with Crippen LogP contribution >= 0.6 is 0 Å². The zero-order chi connectivity index (χ0) is 16.6. The Morgan fingerprint density at radius 3 is 2.27 bits per heavy atom. The molecule has 0 heterocycles. The highest BCUT2D eigenvalue weighted by Crippen LogP contribution is 2.33. The van der Waals surface area contributed by atoms with E-state index in [4.69, 9.17) is 4.74 Å². The number of unbranched alkanes of at least 4 members (excludes halogenated alkanes) is 1. The van der Waals surface area contributed by atoms with Gasteiger partial charge >= 0.3 is 0 Å². The van der Waals surface area contributed by atoms with Crippen LogP contribution in [0.5, 0.6) is 5.75 Å². The Balaban J connectivity index is 2.58. The SMILES string of the molecule is CCCCC(CC)COc1ccc(C(O)C(C)(C)CO)cc1. The lowest BCUT2D eigenvalue weighted by Gasteiger charge is -2.28. The molecule has 0 spiro atoms. The van der Waals surface area contributed by atoms with Crippen LogP contribution in [0.2, 0.25) is 0 Å². The zero-order valence-corrected chi connectivity index (χ0v) is 14.5. The maximum Gasteiger partial charge on any atom is 0.119 e. The lowest BCUT2D eigenvalue weighted by atomic mass is 9.83. The van der Waals surface area contributed by atoms with Gasteiger partial charge in [0.1, 0.15) is 5.75 Å². The van der Waals surface area contributed by atoms with Crippen LogP contribution in [0, 0.1) is 11.3 Å². The summed E-state index contributed by atoms with van der Waals surface area (Å²) in [6.07, 6.45) is 4.16. The molecule has 0 saturated heterocycles. The number of aliphatic hydroxyl groups excluding tert-OH is 2. The first kappa shape index (κ1) is 19.0. The lowest BCUT2D eigenvalue weighted by molar-refractivity contribution is 0.00635. The second kappa shape index (κ2) is 9.16. The highest BCUT2D eigenvalue weighted by molar-refractivity contribution is 5.29. The summed E-state index contributed by atoms with van der Waals surface area (Å²) in [5.74, 6) is 1.45. The van der Waals surface area contributed by atoms with Crippen LogP contribution in [0.1, 0.15) is 65.0 Å². The predicted octanol–water partition coefficient (Wildman–Crippen LogP) is 4.33. The molecule has 0 aliphatic rings. The molecule has 1 rings (SSSR count). The van der Waals surface area contributed by atoms with E-state index in [0.29, 0.717) is 5.92 Å². The maximum atomic E-state index is 10.3. The molecule has 0 bridgehead atoms. The van der Waals surface area contributed by atoms with Gasteiger partial charge in [0.25, 0.3) is 0 Å². The Hall–Kier alpha value is -1.06. The van der Waals surface area contributed by atoms with Gasteiger partial charge in [-0.25, -0.2) is 0 Å². The van der Waals surface area contributed by atoms with Crippen molar-refractivity contribution >= 4 is 0 Å². The molecule has 3 heteroatoms. The Morgan fingerprint density at radius 2 is 1.77 bits per heavy atom. The summed E-state index contributed by atoms with van der Waals surface area (Å²) in [4.78, 5) is 0. The van der Waals surface area contributed by atoms with Gasteiger partial charge in [-0.2, -0.15) is 0 Å². The van der Waals surface area contributed by atoms with Crippen molar-refractivity contribution in [2.24, 2.45) is 11.3 Å². The van der Waals surface area contributed by atoms with Crippen LogP contribution in [0.3, 0.4) is 0 Å². The maximum absolute atomic E-state index is 10.3. The number of rotatable bonds is 10. The van der Waals surface area contributed by atoms with Crippen molar-refractivity contribution in [3.8, 4) is 5.75 Å². The van der Waals surface area contributed by atoms with Gasteiger partial charge in [0.2, 0.25) is 0 Å². The molecule has 0 saturated carbocycles. The van der Waals surface area contributed by atoms with Gasteiger partial charge in [-0.1, -0.05) is 59.1 Å². The second-order valence-electron chi connectivity index (χ2n) is 6.85. The smallest absolute Gasteiger partial charge is 0.119 e. The fourth-order valence-electron chi connectivity index (χ4n) is 2.40. The fraction of sp³-hybridized carbons (Fsp3) is 0.684. The molecule has 0 radical (unpaired) electrons. The molecule has 0 amide bonds. The first-order valence-electron chi connectivity index (χ1n) is 8.46. The number of benzene rings is 1. The third-order valence-electron chi connectivity index (χ3n) is 4.37. The standard InChI is InChI=1S/C19H32O3/c1-5-7-8-15(6-2)13-22-17-11-9-16(10-12-17)18(21)19(3,4)14-20/h9-12,15,18,20-21H,5-8,13-14H2,1-4H3. The molecule has 0 aliphatic heterocycles. The van der Waals surface area contributed by atoms with Crippen LogP contribution in [0.25, 0.3) is 0 Å². The van der Waals surface area contributed by atoms with Gasteiger partial charge in [-0.3, -0.25) is 0 Å². The number of ether oxygens (including phenoxy) is 1. The van der Waals surface area contributed by atoms with E-state index >= 15 is 0 Å². The molecule has 3 nitrogen and oxygen atoms in total.